The number of aryl methyl sites for hydroxylation is 1. The Morgan fingerprint density at radius 3 is 2.90 bits per heavy atom. The molecule has 3 heterocycles. The first-order valence-electron chi connectivity index (χ1n) is 6.45. The number of pyridine rings is 1. The number of fused-ring (bicyclic) bond motifs is 1. The topological polar surface area (TPSA) is 79.5 Å². The molecule has 108 valence electrons. The van der Waals surface area contributed by atoms with Gasteiger partial charge in [-0.25, -0.2) is 14.8 Å². The molecule has 0 spiro atoms. The van der Waals surface area contributed by atoms with Crippen LogP contribution in [0.2, 0.25) is 0 Å². The number of carboxylic acids is 1. The molecule has 7 heteroatoms. The molecule has 0 amide bonds. The third-order valence-corrected chi connectivity index (χ3v) is 4.24. The first-order chi connectivity index (χ1) is 10.1. The zero-order valence-electron chi connectivity index (χ0n) is 11.6. The van der Waals surface area contributed by atoms with Gasteiger partial charge in [0.2, 0.25) is 0 Å². The lowest BCUT2D eigenvalue weighted by Crippen LogP contribution is -2.11. The molecule has 0 radical (unpaired) electrons. The minimum absolute atomic E-state index is 0.105. The summed E-state index contributed by atoms with van der Waals surface area (Å²) in [6, 6.07) is 5.27. The molecule has 0 bridgehead atoms. The third kappa shape index (κ3) is 2.47. The van der Waals surface area contributed by atoms with Crippen molar-refractivity contribution in [3.05, 3.63) is 46.2 Å². The Balaban J connectivity index is 2.00. The molecule has 21 heavy (non-hydrogen) atoms. The fourth-order valence-corrected chi connectivity index (χ4v) is 2.94. The van der Waals surface area contributed by atoms with Crippen molar-refractivity contribution >= 4 is 28.8 Å². The van der Waals surface area contributed by atoms with Crippen LogP contribution in [0.4, 0.5) is 5.82 Å². The number of nitrogens with zero attached hydrogens (tertiary/aromatic N) is 3. The number of hydrogen-bond donors (Lipinski definition) is 2. The molecule has 1 atom stereocenters. The van der Waals surface area contributed by atoms with Gasteiger partial charge < -0.3 is 10.4 Å². The number of nitrogens with one attached hydrogen (secondary N) is 1. The number of imidazole rings is 1. The highest BCUT2D eigenvalue weighted by atomic mass is 32.1. The van der Waals surface area contributed by atoms with Crippen LogP contribution in [0.15, 0.2) is 29.8 Å². The third-order valence-electron chi connectivity index (χ3n) is 3.09. The summed E-state index contributed by atoms with van der Waals surface area (Å²) >= 11 is 1.54. The number of aromatic nitrogens is 3. The fraction of sp³-hybridized carbons (Fsp3) is 0.214. The Hall–Kier alpha value is -2.41. The number of thiazole rings is 1. The summed E-state index contributed by atoms with van der Waals surface area (Å²) in [5.41, 5.74) is 1.68. The molecule has 3 aromatic heterocycles. The van der Waals surface area contributed by atoms with Crippen molar-refractivity contribution in [2.75, 3.05) is 5.32 Å². The first kappa shape index (κ1) is 13.6. The Morgan fingerprint density at radius 1 is 1.43 bits per heavy atom. The maximum absolute atomic E-state index is 11.5. The van der Waals surface area contributed by atoms with Gasteiger partial charge in [-0.1, -0.05) is 6.07 Å². The van der Waals surface area contributed by atoms with E-state index in [9.17, 15) is 9.90 Å². The molecule has 0 aromatic carbocycles. The fourth-order valence-electron chi connectivity index (χ4n) is 2.14. The quantitative estimate of drug-likeness (QED) is 0.774. The summed E-state index contributed by atoms with van der Waals surface area (Å²) in [6.45, 7) is 3.87. The highest BCUT2D eigenvalue weighted by molar-refractivity contribution is 7.09. The van der Waals surface area contributed by atoms with E-state index in [4.69, 9.17) is 0 Å². The Labute approximate surface area is 125 Å². The van der Waals surface area contributed by atoms with Gasteiger partial charge in [-0.3, -0.25) is 4.40 Å². The van der Waals surface area contributed by atoms with Crippen LogP contribution < -0.4 is 5.32 Å². The van der Waals surface area contributed by atoms with Gasteiger partial charge >= 0.3 is 5.97 Å². The molecule has 0 saturated heterocycles. The molecule has 0 fully saturated rings. The smallest absolute Gasteiger partial charge is 0.356 e. The standard InChI is InChI=1S/C14H14N4O2S/c1-8-7-21-13(15-8)9(2)16-12-11(14(19)20)18-6-4-3-5-10(18)17-12/h3-7,9,16H,1-2H3,(H,19,20). The van der Waals surface area contributed by atoms with Gasteiger partial charge in [0.05, 0.1) is 6.04 Å². The number of carbonyl (C=O) groups is 1. The van der Waals surface area contributed by atoms with E-state index in [2.05, 4.69) is 15.3 Å². The van der Waals surface area contributed by atoms with Gasteiger partial charge in [-0.2, -0.15) is 0 Å². The van der Waals surface area contributed by atoms with Crippen LogP contribution in [0.3, 0.4) is 0 Å². The average Bonchev–Trinajstić information content (AvgIpc) is 3.01. The molecular formula is C14H14N4O2S. The van der Waals surface area contributed by atoms with Crippen molar-refractivity contribution in [1.29, 1.82) is 0 Å². The zero-order valence-corrected chi connectivity index (χ0v) is 12.4. The van der Waals surface area contributed by atoms with Crippen molar-refractivity contribution in [2.24, 2.45) is 0 Å². The summed E-state index contributed by atoms with van der Waals surface area (Å²) in [5.74, 6) is -0.659. The summed E-state index contributed by atoms with van der Waals surface area (Å²) < 4.78 is 1.56. The number of rotatable bonds is 4. The maximum Gasteiger partial charge on any atom is 0.356 e. The van der Waals surface area contributed by atoms with E-state index < -0.39 is 5.97 Å². The van der Waals surface area contributed by atoms with E-state index in [1.165, 1.54) is 0 Å². The van der Waals surface area contributed by atoms with Gasteiger partial charge in [0.15, 0.2) is 11.5 Å². The lowest BCUT2D eigenvalue weighted by molar-refractivity contribution is 0.0690. The molecule has 0 saturated carbocycles. The molecule has 6 nitrogen and oxygen atoms in total. The molecule has 0 aliphatic carbocycles. The van der Waals surface area contributed by atoms with E-state index in [0.29, 0.717) is 11.5 Å². The van der Waals surface area contributed by atoms with E-state index in [1.54, 1.807) is 34.1 Å². The summed E-state index contributed by atoms with van der Waals surface area (Å²) in [6.07, 6.45) is 1.69. The van der Waals surface area contributed by atoms with E-state index in [1.807, 2.05) is 25.3 Å². The van der Waals surface area contributed by atoms with Crippen molar-refractivity contribution < 1.29 is 9.90 Å². The number of hydrogen-bond acceptors (Lipinski definition) is 5. The predicted molar refractivity (Wildman–Crippen MR) is 81.0 cm³/mol. The van der Waals surface area contributed by atoms with Gasteiger partial charge in [-0.15, -0.1) is 11.3 Å². The van der Waals surface area contributed by atoms with Crippen LogP contribution in [0.5, 0.6) is 0 Å². The van der Waals surface area contributed by atoms with Crippen LogP contribution in [-0.4, -0.2) is 25.4 Å². The molecule has 0 aliphatic heterocycles. The van der Waals surface area contributed by atoms with Crippen molar-refractivity contribution in [2.45, 2.75) is 19.9 Å². The number of anilines is 1. The van der Waals surface area contributed by atoms with Crippen LogP contribution in [0.25, 0.3) is 5.65 Å². The SMILES string of the molecule is Cc1csc(C(C)Nc2nc3ccccn3c2C(=O)O)n1. The van der Waals surface area contributed by atoms with Gasteiger partial charge in [0.1, 0.15) is 10.7 Å². The van der Waals surface area contributed by atoms with Crippen LogP contribution in [0.1, 0.15) is 34.2 Å². The van der Waals surface area contributed by atoms with E-state index >= 15 is 0 Å². The second-order valence-corrected chi connectivity index (χ2v) is 5.63. The minimum Gasteiger partial charge on any atom is -0.476 e. The predicted octanol–water partition coefficient (Wildman–Crippen LogP) is 2.97. The maximum atomic E-state index is 11.5. The summed E-state index contributed by atoms with van der Waals surface area (Å²) in [5, 5.41) is 15.4. The number of aromatic carboxylic acids is 1. The van der Waals surface area contributed by atoms with Crippen LogP contribution in [0, 0.1) is 6.92 Å². The Bertz CT molecular complexity index is 808. The second-order valence-electron chi connectivity index (χ2n) is 4.74. The molecule has 3 aromatic rings. The minimum atomic E-state index is -1.02. The summed E-state index contributed by atoms with van der Waals surface area (Å²) in [4.78, 5) is 20.3. The zero-order chi connectivity index (χ0) is 15.0. The highest BCUT2D eigenvalue weighted by Gasteiger charge is 2.20. The lowest BCUT2D eigenvalue weighted by atomic mass is 10.3. The van der Waals surface area contributed by atoms with Gasteiger partial charge in [0, 0.05) is 17.3 Å². The molecule has 0 aliphatic rings. The average molecular weight is 302 g/mol. The van der Waals surface area contributed by atoms with Crippen molar-refractivity contribution in [3.63, 3.8) is 0 Å². The molecule has 2 N–H and O–H groups in total. The first-order valence-corrected chi connectivity index (χ1v) is 7.33. The largest absolute Gasteiger partial charge is 0.476 e. The Kier molecular flexibility index (Phi) is 3.34. The summed E-state index contributed by atoms with van der Waals surface area (Å²) in [7, 11) is 0. The van der Waals surface area contributed by atoms with E-state index in [0.717, 1.165) is 10.7 Å². The normalized spacial score (nSPS) is 12.5. The number of carboxylic acid groups (broad SMARTS) is 1. The lowest BCUT2D eigenvalue weighted by Gasteiger charge is -2.10. The van der Waals surface area contributed by atoms with Crippen LogP contribution >= 0.6 is 11.3 Å². The molecular weight excluding hydrogens is 288 g/mol. The van der Waals surface area contributed by atoms with Crippen molar-refractivity contribution in [3.8, 4) is 0 Å². The van der Waals surface area contributed by atoms with Crippen LogP contribution in [-0.2, 0) is 0 Å². The van der Waals surface area contributed by atoms with Gasteiger partial charge in [-0.05, 0) is 26.0 Å². The van der Waals surface area contributed by atoms with E-state index in [-0.39, 0.29) is 11.7 Å². The highest BCUT2D eigenvalue weighted by Crippen LogP contribution is 2.25. The Morgan fingerprint density at radius 2 is 2.24 bits per heavy atom. The second kappa shape index (κ2) is 5.17. The van der Waals surface area contributed by atoms with Gasteiger partial charge in [0.25, 0.3) is 0 Å². The molecule has 1 unspecified atom stereocenters. The monoisotopic (exact) mass is 302 g/mol. The van der Waals surface area contributed by atoms with Crippen molar-refractivity contribution in [1.82, 2.24) is 14.4 Å². The molecule has 3 rings (SSSR count).